The van der Waals surface area contributed by atoms with E-state index in [1.807, 2.05) is 0 Å². The van der Waals surface area contributed by atoms with Crippen LogP contribution in [0, 0.1) is 0 Å². The lowest BCUT2D eigenvalue weighted by Gasteiger charge is -2.01. The van der Waals surface area contributed by atoms with Gasteiger partial charge in [0.1, 0.15) is 6.04 Å². The molecule has 10 heteroatoms. The number of carbonyl (C=O) groups is 2. The maximum Gasteiger partial charge on any atom is 0.320 e. The van der Waals surface area contributed by atoms with Crippen LogP contribution in [0.5, 0.6) is 0 Å². The fourth-order valence-electron chi connectivity index (χ4n) is 0.402. The minimum atomic E-state index is -1.17. The van der Waals surface area contributed by atoms with Gasteiger partial charge in [0.2, 0.25) is 0 Å². The van der Waals surface area contributed by atoms with Crippen molar-refractivity contribution >= 4 is 11.9 Å². The van der Waals surface area contributed by atoms with Crippen molar-refractivity contribution in [3.8, 4) is 0 Å². The van der Waals surface area contributed by atoms with Gasteiger partial charge in [0.05, 0.1) is 0 Å². The van der Waals surface area contributed by atoms with E-state index in [1.54, 1.807) is 0 Å². The first-order valence-electron chi connectivity index (χ1n) is 2.74. The van der Waals surface area contributed by atoms with E-state index in [9.17, 15) is 9.59 Å². The Bertz CT molecular complexity index is 149. The number of hydrogen-bond donors (Lipinski definition) is 3. The lowest BCUT2D eigenvalue weighted by atomic mass is 10.2. The van der Waals surface area contributed by atoms with E-state index < -0.39 is 18.0 Å². The summed E-state index contributed by atoms with van der Waals surface area (Å²) >= 11 is 0. The maximum absolute atomic E-state index is 9.99. The quantitative estimate of drug-likeness (QED) is 0.432. The molecule has 0 radical (unpaired) electrons. The Morgan fingerprint density at radius 1 is 1.00 bits per heavy atom. The molecule has 0 heterocycles. The van der Waals surface area contributed by atoms with Crippen molar-refractivity contribution in [2.45, 2.75) is 18.9 Å². The van der Waals surface area contributed by atoms with Gasteiger partial charge in [-0.2, -0.15) is 0 Å². The van der Waals surface area contributed by atoms with Crippen LogP contribution in [-0.4, -0.2) is 55.6 Å². The third-order valence-electron chi connectivity index (χ3n) is 0.986. The van der Waals surface area contributed by atoms with E-state index in [1.165, 1.54) is 0 Å². The van der Waals surface area contributed by atoms with E-state index >= 15 is 0 Å². The van der Waals surface area contributed by atoms with Gasteiger partial charge in [-0.15, -0.1) is 0 Å². The van der Waals surface area contributed by atoms with Crippen molar-refractivity contribution < 1.29 is 47.2 Å². The molecule has 14 N–H and O–H groups in total. The molecule has 0 aliphatic carbocycles. The zero-order chi connectivity index (χ0) is 8.15. The molecule has 0 saturated heterocycles. The second-order valence-electron chi connectivity index (χ2n) is 1.88. The molecule has 0 aromatic rings. The predicted molar refractivity (Wildman–Crippen MR) is 50.6 cm³/mol. The second kappa shape index (κ2) is 18.5. The van der Waals surface area contributed by atoms with Crippen LogP contribution in [-0.2, 0) is 9.59 Å². The molecule has 0 aromatic carbocycles. The largest absolute Gasteiger partial charge is 0.481 e. The van der Waals surface area contributed by atoms with E-state index in [0.29, 0.717) is 0 Å². The van der Waals surface area contributed by atoms with Crippen molar-refractivity contribution in [1.29, 1.82) is 0 Å². The van der Waals surface area contributed by atoms with E-state index in [-0.39, 0.29) is 40.2 Å². The molecule has 0 aliphatic rings. The van der Waals surface area contributed by atoms with E-state index in [4.69, 9.17) is 15.9 Å². The Balaban J connectivity index is -0.0000000405. The number of nitrogens with two attached hydrogens (primary N) is 1. The molecule has 0 rings (SSSR count). The fraction of sp³-hybridized carbons (Fsp3) is 0.600. The molecule has 0 aromatic heterocycles. The van der Waals surface area contributed by atoms with Crippen molar-refractivity contribution in [2.75, 3.05) is 0 Å². The highest BCUT2D eigenvalue weighted by Gasteiger charge is 2.12. The van der Waals surface area contributed by atoms with Crippen LogP contribution in [0.4, 0.5) is 0 Å². The molecular weight excluding hydrogens is 218 g/mol. The summed E-state index contributed by atoms with van der Waals surface area (Å²) in [6, 6.07) is -1.06. The Labute approximate surface area is 84.9 Å². The van der Waals surface area contributed by atoms with Crippen molar-refractivity contribution in [3.05, 3.63) is 0 Å². The minimum absolute atomic E-state index is 0. The van der Waals surface area contributed by atoms with E-state index in [0.717, 1.165) is 0 Å². The second-order valence-corrected chi connectivity index (χ2v) is 1.88. The first kappa shape index (κ1) is 37.3. The van der Waals surface area contributed by atoms with Gasteiger partial charge in [-0.1, -0.05) is 0 Å². The maximum atomic E-state index is 9.99. The van der Waals surface area contributed by atoms with Crippen LogP contribution in [0.25, 0.3) is 0 Å². The van der Waals surface area contributed by atoms with Crippen LogP contribution in [0.2, 0.25) is 0 Å². The van der Waals surface area contributed by atoms with Crippen molar-refractivity contribution in [3.63, 3.8) is 0 Å². The van der Waals surface area contributed by atoms with Crippen LogP contribution in [0.15, 0.2) is 0 Å². The molecule has 0 bridgehead atoms. The third kappa shape index (κ3) is 24.5. The zero-order valence-corrected chi connectivity index (χ0v) is 7.78. The van der Waals surface area contributed by atoms with Gasteiger partial charge in [-0.05, 0) is 6.42 Å². The minimum Gasteiger partial charge on any atom is -0.481 e. The van der Waals surface area contributed by atoms with Crippen LogP contribution >= 0.6 is 0 Å². The lowest BCUT2D eigenvalue weighted by Crippen LogP contribution is -2.30. The Morgan fingerprint density at radius 2 is 1.33 bits per heavy atom. The average Bonchev–Trinajstić information content (AvgIpc) is 1.82. The number of rotatable bonds is 4. The first-order valence-corrected chi connectivity index (χ1v) is 2.74. The van der Waals surface area contributed by atoms with Gasteiger partial charge in [0.15, 0.2) is 0 Å². The Kier molecular flexibility index (Phi) is 45.9. The highest BCUT2D eigenvalue weighted by atomic mass is 16.4. The molecule has 98 valence electrons. The number of hydrogen-bond acceptors (Lipinski definition) is 3. The molecule has 0 spiro atoms. The molecule has 15 heavy (non-hydrogen) atoms. The zero-order valence-electron chi connectivity index (χ0n) is 7.78. The predicted octanol–water partition coefficient (Wildman–Crippen LogP) is -4.86. The van der Waals surface area contributed by atoms with Gasteiger partial charge >= 0.3 is 11.9 Å². The van der Waals surface area contributed by atoms with Gasteiger partial charge in [-0.3, -0.25) is 9.59 Å². The number of carboxylic acids is 2. The third-order valence-corrected chi connectivity index (χ3v) is 0.986. The SMILES string of the molecule is N[C@@H](CCC(=O)O)C(=O)O.O.O.O.O.O. The molecule has 10 nitrogen and oxygen atoms in total. The van der Waals surface area contributed by atoms with Crippen LogP contribution < -0.4 is 5.73 Å². The van der Waals surface area contributed by atoms with Gasteiger partial charge in [-0.25, -0.2) is 0 Å². The Morgan fingerprint density at radius 3 is 1.53 bits per heavy atom. The summed E-state index contributed by atoms with van der Waals surface area (Å²) in [4.78, 5) is 19.9. The molecule has 0 unspecified atom stereocenters. The topological polar surface area (TPSA) is 258 Å². The normalized spacial score (nSPS) is 8.33. The fourth-order valence-corrected chi connectivity index (χ4v) is 0.402. The van der Waals surface area contributed by atoms with Crippen LogP contribution in [0.3, 0.4) is 0 Å². The molecule has 1 atom stereocenters. The molecule has 0 fully saturated rings. The van der Waals surface area contributed by atoms with Crippen molar-refractivity contribution in [2.24, 2.45) is 5.73 Å². The molecule has 0 aliphatic heterocycles. The highest BCUT2D eigenvalue weighted by Crippen LogP contribution is 1.93. The van der Waals surface area contributed by atoms with E-state index in [2.05, 4.69) is 0 Å². The first-order chi connectivity index (χ1) is 4.54. The van der Waals surface area contributed by atoms with Gasteiger partial charge in [0, 0.05) is 6.42 Å². The number of aliphatic carboxylic acids is 2. The Hall–Kier alpha value is -1.30. The lowest BCUT2D eigenvalue weighted by molar-refractivity contribution is -0.139. The summed E-state index contributed by atoms with van der Waals surface area (Å²) in [5, 5.41) is 16.3. The summed E-state index contributed by atoms with van der Waals surface area (Å²) in [7, 11) is 0. The smallest absolute Gasteiger partial charge is 0.320 e. The molecular formula is C5H19NO9. The molecule has 0 saturated carbocycles. The summed E-state index contributed by atoms with van der Waals surface area (Å²) in [6.45, 7) is 0. The highest BCUT2D eigenvalue weighted by molar-refractivity contribution is 5.74. The van der Waals surface area contributed by atoms with Crippen molar-refractivity contribution in [1.82, 2.24) is 0 Å². The molecule has 0 amide bonds. The number of carboxylic acid groups (broad SMARTS) is 2. The van der Waals surface area contributed by atoms with Crippen LogP contribution in [0.1, 0.15) is 12.8 Å². The average molecular weight is 237 g/mol. The monoisotopic (exact) mass is 237 g/mol. The summed E-state index contributed by atoms with van der Waals surface area (Å²) in [5.74, 6) is -2.20. The summed E-state index contributed by atoms with van der Waals surface area (Å²) < 4.78 is 0. The van der Waals surface area contributed by atoms with Gasteiger partial charge in [0.25, 0.3) is 0 Å². The standard InChI is InChI=1S/C5H9NO4.5H2O/c6-3(5(9)10)1-2-4(7)8;;;;;/h3H,1-2,6H2,(H,7,8)(H,9,10);5*1H2/t3-;;;;;/m0...../s1. The van der Waals surface area contributed by atoms with Gasteiger partial charge < -0.3 is 43.3 Å². The summed E-state index contributed by atoms with van der Waals surface area (Å²) in [6.07, 6.45) is -0.224. The summed E-state index contributed by atoms with van der Waals surface area (Å²) in [5.41, 5.74) is 5.00.